The van der Waals surface area contributed by atoms with Gasteiger partial charge >= 0.3 is 0 Å². The van der Waals surface area contributed by atoms with Gasteiger partial charge in [0.2, 0.25) is 0 Å². The van der Waals surface area contributed by atoms with Crippen molar-refractivity contribution in [3.63, 3.8) is 0 Å². The van der Waals surface area contributed by atoms with Crippen molar-refractivity contribution in [3.05, 3.63) is 29.8 Å². The summed E-state index contributed by atoms with van der Waals surface area (Å²) < 4.78 is 5.35. The first-order chi connectivity index (χ1) is 8.20. The van der Waals surface area contributed by atoms with Crippen LogP contribution in [0.15, 0.2) is 24.3 Å². The Kier molecular flexibility index (Phi) is 3.64. The average molecular weight is 233 g/mol. The summed E-state index contributed by atoms with van der Waals surface area (Å²) in [5.74, 6) is 0.120. The highest BCUT2D eigenvalue weighted by molar-refractivity contribution is 5.95. The number of nitrogens with zero attached hydrogens (tertiary/aromatic N) is 1. The lowest BCUT2D eigenvalue weighted by Gasteiger charge is -2.33. The molecule has 0 aromatic heterocycles. The van der Waals surface area contributed by atoms with E-state index in [2.05, 4.69) is 4.90 Å². The summed E-state index contributed by atoms with van der Waals surface area (Å²) in [6.07, 6.45) is 2.55. The average Bonchev–Trinajstić information content (AvgIpc) is 2.39. The second-order valence-electron chi connectivity index (χ2n) is 4.38. The highest BCUT2D eigenvalue weighted by Crippen LogP contribution is 2.21. The summed E-state index contributed by atoms with van der Waals surface area (Å²) in [6.45, 7) is 2.05. The SMILES string of the molecule is COC1CCN(c2ccc(C(=N)N)cc2)CC1. The van der Waals surface area contributed by atoms with Gasteiger partial charge in [0, 0.05) is 31.5 Å². The van der Waals surface area contributed by atoms with Gasteiger partial charge in [0.15, 0.2) is 0 Å². The van der Waals surface area contributed by atoms with E-state index >= 15 is 0 Å². The van der Waals surface area contributed by atoms with Crippen LogP contribution in [-0.2, 0) is 4.74 Å². The van der Waals surface area contributed by atoms with E-state index in [1.54, 1.807) is 7.11 Å². The van der Waals surface area contributed by atoms with Crippen molar-refractivity contribution in [2.45, 2.75) is 18.9 Å². The highest BCUT2D eigenvalue weighted by atomic mass is 16.5. The van der Waals surface area contributed by atoms with Gasteiger partial charge in [0.05, 0.1) is 6.10 Å². The molecule has 92 valence electrons. The number of nitrogen functional groups attached to an aromatic ring is 1. The number of hydrogen-bond donors (Lipinski definition) is 2. The predicted octanol–water partition coefficient (Wildman–Crippen LogP) is 1.59. The number of rotatable bonds is 3. The van der Waals surface area contributed by atoms with Crippen LogP contribution in [0.1, 0.15) is 18.4 Å². The summed E-state index contributed by atoms with van der Waals surface area (Å²) in [4.78, 5) is 2.35. The van der Waals surface area contributed by atoms with Crippen LogP contribution in [0.5, 0.6) is 0 Å². The number of nitrogens with one attached hydrogen (secondary N) is 1. The molecule has 0 bridgehead atoms. The number of benzene rings is 1. The first kappa shape index (κ1) is 11.9. The minimum atomic E-state index is 0.120. The lowest BCUT2D eigenvalue weighted by atomic mass is 10.1. The fourth-order valence-corrected chi connectivity index (χ4v) is 2.20. The summed E-state index contributed by atoms with van der Waals surface area (Å²) >= 11 is 0. The van der Waals surface area contributed by atoms with Crippen molar-refractivity contribution < 1.29 is 4.74 Å². The Morgan fingerprint density at radius 3 is 2.35 bits per heavy atom. The monoisotopic (exact) mass is 233 g/mol. The zero-order chi connectivity index (χ0) is 12.3. The van der Waals surface area contributed by atoms with Crippen LogP contribution in [0.4, 0.5) is 5.69 Å². The van der Waals surface area contributed by atoms with Gasteiger partial charge in [-0.2, -0.15) is 0 Å². The van der Waals surface area contributed by atoms with Gasteiger partial charge in [-0.05, 0) is 37.1 Å². The molecule has 1 aliphatic rings. The first-order valence-electron chi connectivity index (χ1n) is 5.93. The molecule has 0 saturated carbocycles. The van der Waals surface area contributed by atoms with Gasteiger partial charge < -0.3 is 15.4 Å². The topological polar surface area (TPSA) is 62.3 Å². The van der Waals surface area contributed by atoms with Crippen molar-refractivity contribution >= 4 is 11.5 Å². The van der Waals surface area contributed by atoms with E-state index in [1.165, 1.54) is 5.69 Å². The smallest absolute Gasteiger partial charge is 0.122 e. The molecule has 17 heavy (non-hydrogen) atoms. The summed E-state index contributed by atoms with van der Waals surface area (Å²) in [5.41, 5.74) is 7.41. The van der Waals surface area contributed by atoms with E-state index in [-0.39, 0.29) is 5.84 Å². The molecule has 2 rings (SSSR count). The number of ether oxygens (including phenoxy) is 1. The van der Waals surface area contributed by atoms with Gasteiger partial charge in [0.1, 0.15) is 5.84 Å². The van der Waals surface area contributed by atoms with Gasteiger partial charge in [-0.3, -0.25) is 5.41 Å². The summed E-state index contributed by atoms with van der Waals surface area (Å²) in [7, 11) is 1.78. The zero-order valence-corrected chi connectivity index (χ0v) is 10.1. The van der Waals surface area contributed by atoms with Gasteiger partial charge in [-0.1, -0.05) is 0 Å². The molecule has 0 unspecified atom stereocenters. The largest absolute Gasteiger partial charge is 0.384 e. The van der Waals surface area contributed by atoms with Crippen LogP contribution in [0.25, 0.3) is 0 Å². The summed E-state index contributed by atoms with van der Waals surface area (Å²) in [6, 6.07) is 7.87. The summed E-state index contributed by atoms with van der Waals surface area (Å²) in [5, 5.41) is 7.35. The number of methoxy groups -OCH3 is 1. The van der Waals surface area contributed by atoms with Crippen LogP contribution in [-0.4, -0.2) is 32.1 Å². The molecule has 4 heteroatoms. The number of nitrogens with two attached hydrogens (primary N) is 1. The van der Waals surface area contributed by atoms with E-state index in [4.69, 9.17) is 15.9 Å². The molecule has 1 saturated heterocycles. The third-order valence-corrected chi connectivity index (χ3v) is 3.32. The highest BCUT2D eigenvalue weighted by Gasteiger charge is 2.18. The lowest BCUT2D eigenvalue weighted by Crippen LogP contribution is -2.36. The molecule has 3 N–H and O–H groups in total. The number of piperidine rings is 1. The Morgan fingerprint density at radius 2 is 1.88 bits per heavy atom. The number of amidine groups is 1. The Labute approximate surface area is 102 Å². The lowest BCUT2D eigenvalue weighted by molar-refractivity contribution is 0.0819. The zero-order valence-electron chi connectivity index (χ0n) is 10.1. The third kappa shape index (κ3) is 2.77. The molecule has 1 aromatic carbocycles. The fourth-order valence-electron chi connectivity index (χ4n) is 2.20. The standard InChI is InChI=1S/C13H19N3O/c1-17-12-6-8-16(9-7-12)11-4-2-10(3-5-11)13(14)15/h2-5,12H,6-9H2,1H3,(H3,14,15). The third-order valence-electron chi connectivity index (χ3n) is 3.32. The molecular formula is C13H19N3O. The molecule has 4 nitrogen and oxygen atoms in total. The van der Waals surface area contributed by atoms with Crippen molar-refractivity contribution in [1.29, 1.82) is 5.41 Å². The van der Waals surface area contributed by atoms with Crippen LogP contribution in [0, 0.1) is 5.41 Å². The molecule has 0 amide bonds. The van der Waals surface area contributed by atoms with Crippen LogP contribution >= 0.6 is 0 Å². The second kappa shape index (κ2) is 5.19. The van der Waals surface area contributed by atoms with E-state index in [1.807, 2.05) is 24.3 Å². The molecule has 0 atom stereocenters. The molecule has 0 radical (unpaired) electrons. The Bertz CT molecular complexity index is 380. The maximum atomic E-state index is 7.35. The van der Waals surface area contributed by atoms with E-state index < -0.39 is 0 Å². The fraction of sp³-hybridized carbons (Fsp3) is 0.462. The number of hydrogen-bond acceptors (Lipinski definition) is 3. The normalized spacial score (nSPS) is 17.1. The van der Waals surface area contributed by atoms with Gasteiger partial charge in [0.25, 0.3) is 0 Å². The molecule has 1 aromatic rings. The van der Waals surface area contributed by atoms with Crippen LogP contribution in [0.3, 0.4) is 0 Å². The van der Waals surface area contributed by atoms with Crippen LogP contribution in [0.2, 0.25) is 0 Å². The maximum Gasteiger partial charge on any atom is 0.122 e. The van der Waals surface area contributed by atoms with Crippen molar-refractivity contribution in [3.8, 4) is 0 Å². The second-order valence-corrected chi connectivity index (χ2v) is 4.38. The quantitative estimate of drug-likeness (QED) is 0.615. The Balaban J connectivity index is 2.01. The molecule has 0 aliphatic carbocycles. The van der Waals surface area contributed by atoms with Crippen molar-refractivity contribution in [2.24, 2.45) is 5.73 Å². The Morgan fingerprint density at radius 1 is 1.29 bits per heavy atom. The Hall–Kier alpha value is -1.55. The molecule has 1 aliphatic heterocycles. The minimum Gasteiger partial charge on any atom is -0.384 e. The molecule has 1 fully saturated rings. The molecule has 0 spiro atoms. The number of anilines is 1. The van der Waals surface area contributed by atoms with E-state index in [9.17, 15) is 0 Å². The predicted molar refractivity (Wildman–Crippen MR) is 69.7 cm³/mol. The minimum absolute atomic E-state index is 0.120. The van der Waals surface area contributed by atoms with E-state index in [0.29, 0.717) is 6.10 Å². The molecule has 1 heterocycles. The molecular weight excluding hydrogens is 214 g/mol. The van der Waals surface area contributed by atoms with E-state index in [0.717, 1.165) is 31.5 Å². The van der Waals surface area contributed by atoms with Crippen molar-refractivity contribution in [2.75, 3.05) is 25.1 Å². The van der Waals surface area contributed by atoms with Crippen molar-refractivity contribution in [1.82, 2.24) is 0 Å². The van der Waals surface area contributed by atoms with Crippen LogP contribution < -0.4 is 10.6 Å². The first-order valence-corrected chi connectivity index (χ1v) is 5.93. The van der Waals surface area contributed by atoms with Gasteiger partial charge in [-0.15, -0.1) is 0 Å². The maximum absolute atomic E-state index is 7.35. The van der Waals surface area contributed by atoms with Gasteiger partial charge in [-0.25, -0.2) is 0 Å².